The summed E-state index contributed by atoms with van der Waals surface area (Å²) in [5, 5.41) is 11.1. The normalized spacial score (nSPS) is 30.8. The molecule has 1 heterocycles. The molecule has 1 atom stereocenters. The maximum Gasteiger partial charge on any atom is 0.176 e. The van der Waals surface area contributed by atoms with Crippen molar-refractivity contribution >= 4 is 16.8 Å². The Balaban J connectivity index is 2.55. The molecule has 11 heavy (non-hydrogen) atoms. The molecule has 1 saturated heterocycles. The Kier molecular flexibility index (Phi) is 2.37. The summed E-state index contributed by atoms with van der Waals surface area (Å²) < 4.78 is 10.4. The Morgan fingerprint density at radius 3 is 2.73 bits per heavy atom. The lowest BCUT2D eigenvalue weighted by atomic mass is 10.4. The Hall–Kier alpha value is -0.320. The van der Waals surface area contributed by atoms with Gasteiger partial charge in [-0.2, -0.15) is 0 Å². The first kappa shape index (κ1) is 8.77. The van der Waals surface area contributed by atoms with Gasteiger partial charge in [-0.15, -0.1) is 0 Å². The second-order valence-electron chi connectivity index (χ2n) is 2.74. The first-order valence-electron chi connectivity index (χ1n) is 3.24. The van der Waals surface area contributed by atoms with Crippen molar-refractivity contribution in [3.05, 3.63) is 0 Å². The number of hydrogen-bond donors (Lipinski definition) is 1. The summed E-state index contributed by atoms with van der Waals surface area (Å²) in [5.41, 5.74) is 0. The quantitative estimate of drug-likeness (QED) is 0.374. The van der Waals surface area contributed by atoms with E-state index < -0.39 is 11.9 Å². The van der Waals surface area contributed by atoms with E-state index in [4.69, 9.17) is 26.3 Å². The topological polar surface area (TPSA) is 51.0 Å². The zero-order valence-corrected chi connectivity index (χ0v) is 7.13. The molecule has 0 aliphatic carbocycles. The van der Waals surface area contributed by atoms with Crippen LogP contribution in [0, 0.1) is 0 Å². The Bertz CT molecular complexity index is 181. The van der Waals surface area contributed by atoms with Gasteiger partial charge in [-0.05, 0) is 13.8 Å². The van der Waals surface area contributed by atoms with Crippen molar-refractivity contribution < 1.29 is 14.7 Å². The van der Waals surface area contributed by atoms with Gasteiger partial charge in [0.25, 0.3) is 0 Å². The van der Waals surface area contributed by atoms with Crippen molar-refractivity contribution in [2.24, 2.45) is 5.16 Å². The minimum absolute atomic E-state index is 0.0237. The van der Waals surface area contributed by atoms with Crippen molar-refractivity contribution in [3.8, 4) is 0 Å². The predicted octanol–water partition coefficient (Wildman–Crippen LogP) is 1.16. The minimum Gasteiger partial charge on any atom is -0.410 e. The van der Waals surface area contributed by atoms with Gasteiger partial charge in [0.2, 0.25) is 0 Å². The van der Waals surface area contributed by atoms with Crippen LogP contribution < -0.4 is 0 Å². The zero-order valence-electron chi connectivity index (χ0n) is 6.37. The van der Waals surface area contributed by atoms with Crippen molar-refractivity contribution in [1.82, 2.24) is 0 Å². The van der Waals surface area contributed by atoms with Gasteiger partial charge >= 0.3 is 0 Å². The molecule has 0 bridgehead atoms. The van der Waals surface area contributed by atoms with Crippen LogP contribution in [0.1, 0.15) is 13.8 Å². The van der Waals surface area contributed by atoms with Crippen LogP contribution in [-0.2, 0) is 9.47 Å². The average Bonchev–Trinajstić information content (AvgIpc) is 2.29. The van der Waals surface area contributed by atoms with Gasteiger partial charge in [0.15, 0.2) is 11.0 Å². The van der Waals surface area contributed by atoms with E-state index >= 15 is 0 Å². The Morgan fingerprint density at radius 2 is 2.36 bits per heavy atom. The summed E-state index contributed by atoms with van der Waals surface area (Å²) in [5.74, 6) is -0.629. The van der Waals surface area contributed by atoms with Crippen molar-refractivity contribution in [2.45, 2.75) is 25.7 Å². The summed E-state index contributed by atoms with van der Waals surface area (Å²) in [6.07, 6.45) is -0.434. The van der Waals surface area contributed by atoms with Gasteiger partial charge in [-0.1, -0.05) is 16.8 Å². The van der Waals surface area contributed by atoms with Crippen LogP contribution in [0.2, 0.25) is 0 Å². The largest absolute Gasteiger partial charge is 0.410 e. The Labute approximate surface area is 69.7 Å². The lowest BCUT2D eigenvalue weighted by Crippen LogP contribution is -2.24. The molecule has 5 heteroatoms. The SMILES string of the molecule is CC1(C)OC[C@H](/C(Cl)=N/O)O1. The first-order chi connectivity index (χ1) is 5.05. The van der Waals surface area contributed by atoms with Crippen LogP contribution in [0.3, 0.4) is 0 Å². The number of hydrogen-bond acceptors (Lipinski definition) is 4. The molecule has 64 valence electrons. The standard InChI is InChI=1S/C6H10ClNO3/c1-6(2)10-3-4(11-6)5(7)8-9/h4,9H,3H2,1-2H3/b8-5-/t4-/m1/s1. The van der Waals surface area contributed by atoms with Crippen LogP contribution in [0.25, 0.3) is 0 Å². The third kappa shape index (κ3) is 2.05. The molecule has 4 nitrogen and oxygen atoms in total. The van der Waals surface area contributed by atoms with E-state index in [0.717, 1.165) is 0 Å². The third-order valence-electron chi connectivity index (χ3n) is 1.37. The number of ether oxygens (including phenoxy) is 2. The highest BCUT2D eigenvalue weighted by molar-refractivity contribution is 6.66. The highest BCUT2D eigenvalue weighted by Gasteiger charge is 2.35. The maximum atomic E-state index is 8.29. The highest BCUT2D eigenvalue weighted by Crippen LogP contribution is 2.23. The summed E-state index contributed by atoms with van der Waals surface area (Å²) in [7, 11) is 0. The van der Waals surface area contributed by atoms with E-state index in [0.29, 0.717) is 6.61 Å². The van der Waals surface area contributed by atoms with Crippen LogP contribution in [0.5, 0.6) is 0 Å². The summed E-state index contributed by atoms with van der Waals surface area (Å²) >= 11 is 5.49. The highest BCUT2D eigenvalue weighted by atomic mass is 35.5. The smallest absolute Gasteiger partial charge is 0.176 e. The molecule has 1 N–H and O–H groups in total. The number of oxime groups is 1. The fraction of sp³-hybridized carbons (Fsp3) is 0.833. The number of rotatable bonds is 1. The van der Waals surface area contributed by atoms with Gasteiger partial charge < -0.3 is 14.7 Å². The fourth-order valence-corrected chi connectivity index (χ4v) is 0.976. The summed E-state index contributed by atoms with van der Waals surface area (Å²) in [4.78, 5) is 0. The van der Waals surface area contributed by atoms with Crippen molar-refractivity contribution in [1.29, 1.82) is 0 Å². The molecule has 0 radical (unpaired) electrons. The first-order valence-corrected chi connectivity index (χ1v) is 3.62. The molecule has 1 aliphatic rings. The molecular formula is C6H10ClNO3. The molecule has 1 aliphatic heterocycles. The molecule has 0 amide bonds. The van der Waals surface area contributed by atoms with E-state index in [1.165, 1.54) is 0 Å². The van der Waals surface area contributed by atoms with Crippen LogP contribution in [0.15, 0.2) is 5.16 Å². The van der Waals surface area contributed by atoms with E-state index in [1.54, 1.807) is 13.8 Å². The number of nitrogens with zero attached hydrogens (tertiary/aromatic N) is 1. The molecule has 0 unspecified atom stereocenters. The molecule has 0 spiro atoms. The van der Waals surface area contributed by atoms with E-state index in [-0.39, 0.29) is 5.17 Å². The lowest BCUT2D eigenvalue weighted by Gasteiger charge is -2.15. The van der Waals surface area contributed by atoms with Crippen molar-refractivity contribution in [3.63, 3.8) is 0 Å². The van der Waals surface area contributed by atoms with Gasteiger partial charge in [0, 0.05) is 0 Å². The predicted molar refractivity (Wildman–Crippen MR) is 40.0 cm³/mol. The molecule has 0 aromatic heterocycles. The molecule has 0 aromatic carbocycles. The van der Waals surface area contributed by atoms with E-state index in [2.05, 4.69) is 5.16 Å². The molecule has 0 saturated carbocycles. The molecule has 1 fully saturated rings. The van der Waals surface area contributed by atoms with Crippen LogP contribution in [0.4, 0.5) is 0 Å². The van der Waals surface area contributed by atoms with E-state index in [9.17, 15) is 0 Å². The lowest BCUT2D eigenvalue weighted by molar-refractivity contribution is -0.131. The van der Waals surface area contributed by atoms with E-state index in [1.807, 2.05) is 0 Å². The van der Waals surface area contributed by atoms with Gasteiger partial charge in [-0.3, -0.25) is 0 Å². The van der Waals surface area contributed by atoms with Crippen molar-refractivity contribution in [2.75, 3.05) is 6.61 Å². The van der Waals surface area contributed by atoms with Crippen LogP contribution in [-0.4, -0.2) is 28.9 Å². The second-order valence-corrected chi connectivity index (χ2v) is 3.13. The molecular weight excluding hydrogens is 170 g/mol. The van der Waals surface area contributed by atoms with Gasteiger partial charge in [-0.25, -0.2) is 0 Å². The summed E-state index contributed by atoms with van der Waals surface area (Å²) in [6, 6.07) is 0. The molecule has 1 rings (SSSR count). The third-order valence-corrected chi connectivity index (χ3v) is 1.69. The van der Waals surface area contributed by atoms with Gasteiger partial charge in [0.05, 0.1) is 6.61 Å². The Morgan fingerprint density at radius 1 is 1.73 bits per heavy atom. The maximum absolute atomic E-state index is 8.29. The fourth-order valence-electron chi connectivity index (χ4n) is 0.869. The monoisotopic (exact) mass is 179 g/mol. The van der Waals surface area contributed by atoms with Gasteiger partial charge in [0.1, 0.15) is 6.10 Å². The zero-order chi connectivity index (χ0) is 8.48. The average molecular weight is 180 g/mol. The summed E-state index contributed by atoms with van der Waals surface area (Å²) in [6.45, 7) is 3.87. The molecule has 0 aromatic rings. The number of halogens is 1. The minimum atomic E-state index is -0.629. The van der Waals surface area contributed by atoms with Crippen LogP contribution >= 0.6 is 11.6 Å². The second kappa shape index (κ2) is 2.97.